The molecule has 5 nitrogen and oxygen atoms in total. The Bertz CT molecular complexity index is 842. The highest BCUT2D eigenvalue weighted by atomic mass is 16.1. The Hall–Kier alpha value is -2.56. The quantitative estimate of drug-likeness (QED) is 0.812. The lowest BCUT2D eigenvalue weighted by Crippen LogP contribution is -2.28. The van der Waals surface area contributed by atoms with E-state index in [0.29, 0.717) is 0 Å². The highest BCUT2D eigenvalue weighted by Gasteiger charge is 2.27. The van der Waals surface area contributed by atoms with Crippen molar-refractivity contribution in [1.82, 2.24) is 14.3 Å². The minimum Gasteiger partial charge on any atom is -0.332 e. The van der Waals surface area contributed by atoms with E-state index in [1.165, 1.54) is 12.8 Å². The van der Waals surface area contributed by atoms with Crippen LogP contribution in [0.3, 0.4) is 0 Å². The fourth-order valence-electron chi connectivity index (χ4n) is 3.40. The average Bonchev–Trinajstić information content (AvgIpc) is 2.80. The minimum absolute atomic E-state index is 0.00220. The van der Waals surface area contributed by atoms with E-state index in [2.05, 4.69) is 16.0 Å². The average molecular weight is 308 g/mol. The molecule has 0 spiro atoms. The molecule has 2 aliphatic rings. The van der Waals surface area contributed by atoms with Crippen LogP contribution >= 0.6 is 0 Å². The summed E-state index contributed by atoms with van der Waals surface area (Å²) in [5, 5.41) is 0. The third kappa shape index (κ3) is 2.23. The fourth-order valence-corrected chi connectivity index (χ4v) is 3.40. The van der Waals surface area contributed by atoms with Crippen LogP contribution in [-0.2, 0) is 7.05 Å². The third-order valence-electron chi connectivity index (χ3n) is 4.56. The van der Waals surface area contributed by atoms with Gasteiger partial charge in [-0.15, -0.1) is 0 Å². The first-order valence-electron chi connectivity index (χ1n) is 8.16. The first-order valence-corrected chi connectivity index (χ1v) is 8.16. The maximum atomic E-state index is 13.1. The largest absolute Gasteiger partial charge is 0.332 e. The lowest BCUT2D eigenvalue weighted by molar-refractivity contribution is 0.521. The zero-order chi connectivity index (χ0) is 15.8. The van der Waals surface area contributed by atoms with Crippen molar-refractivity contribution in [3.8, 4) is 5.69 Å². The van der Waals surface area contributed by atoms with E-state index in [4.69, 9.17) is 0 Å². The maximum absolute atomic E-state index is 13.1. The Kier molecular flexibility index (Phi) is 3.41. The molecular formula is C18H20N4O. The van der Waals surface area contributed by atoms with Gasteiger partial charge in [-0.2, -0.15) is 0 Å². The van der Waals surface area contributed by atoms with Gasteiger partial charge in [-0.3, -0.25) is 9.48 Å². The van der Waals surface area contributed by atoms with Crippen LogP contribution in [0.4, 0.5) is 5.82 Å². The van der Waals surface area contributed by atoms with Crippen molar-refractivity contribution in [2.24, 2.45) is 12.0 Å². The van der Waals surface area contributed by atoms with E-state index >= 15 is 0 Å². The molecule has 0 aliphatic carbocycles. The van der Waals surface area contributed by atoms with Crippen LogP contribution in [0.5, 0.6) is 0 Å². The summed E-state index contributed by atoms with van der Waals surface area (Å²) in [6, 6.07) is 9.73. The van der Waals surface area contributed by atoms with E-state index in [1.807, 2.05) is 48.4 Å². The van der Waals surface area contributed by atoms with Gasteiger partial charge in [0.05, 0.1) is 17.7 Å². The standard InChI is InChI=1S/C18H20N4O/c1-20-17-16(18(23)22(20)14-9-5-4-6-10-14)15-11-7-2-3-8-12-21(15)13-19-17/h4-6,9-11,13H,2-3,7-8,12H2,1H3/b15-11-. The highest BCUT2D eigenvalue weighted by molar-refractivity contribution is 5.86. The molecule has 2 aromatic rings. The molecule has 0 N–H and O–H groups in total. The number of benzene rings is 1. The van der Waals surface area contributed by atoms with Crippen LogP contribution in [0.2, 0.25) is 0 Å². The summed E-state index contributed by atoms with van der Waals surface area (Å²) in [7, 11) is 1.89. The Morgan fingerprint density at radius 2 is 1.91 bits per heavy atom. The SMILES string of the molecule is Cn1c2c(c(=O)n1-c1ccccc1)/C1=C/CCCCCN1C=N2. The Labute approximate surface area is 135 Å². The highest BCUT2D eigenvalue weighted by Crippen LogP contribution is 2.32. The molecule has 4 rings (SSSR count). The summed E-state index contributed by atoms with van der Waals surface area (Å²) >= 11 is 0. The molecule has 2 aliphatic heterocycles. The monoisotopic (exact) mass is 308 g/mol. The van der Waals surface area contributed by atoms with Crippen molar-refractivity contribution in [3.05, 3.63) is 52.3 Å². The van der Waals surface area contributed by atoms with Crippen molar-refractivity contribution in [2.45, 2.75) is 25.7 Å². The van der Waals surface area contributed by atoms with Gasteiger partial charge in [-0.05, 0) is 31.4 Å². The fraction of sp³-hybridized carbons (Fsp3) is 0.333. The summed E-state index contributed by atoms with van der Waals surface area (Å²) in [5.41, 5.74) is 2.61. The van der Waals surface area contributed by atoms with Gasteiger partial charge in [-0.1, -0.05) is 30.7 Å². The van der Waals surface area contributed by atoms with Gasteiger partial charge in [0, 0.05) is 13.6 Å². The van der Waals surface area contributed by atoms with Crippen LogP contribution in [0, 0.1) is 0 Å². The first-order chi connectivity index (χ1) is 11.3. The summed E-state index contributed by atoms with van der Waals surface area (Å²) in [6.07, 6.45) is 8.62. The molecule has 0 unspecified atom stereocenters. The number of allylic oxidation sites excluding steroid dienone is 1. The number of para-hydroxylation sites is 1. The molecule has 118 valence electrons. The molecule has 23 heavy (non-hydrogen) atoms. The predicted molar refractivity (Wildman–Crippen MR) is 92.3 cm³/mol. The van der Waals surface area contributed by atoms with E-state index < -0.39 is 0 Å². The molecule has 0 saturated heterocycles. The molecule has 1 aromatic carbocycles. The zero-order valence-corrected chi connectivity index (χ0v) is 13.3. The smallest absolute Gasteiger partial charge is 0.283 e. The number of hydrogen-bond acceptors (Lipinski definition) is 3. The number of hydrogen-bond donors (Lipinski definition) is 0. The van der Waals surface area contributed by atoms with Gasteiger partial charge < -0.3 is 4.90 Å². The summed E-state index contributed by atoms with van der Waals surface area (Å²) < 4.78 is 3.55. The lowest BCUT2D eigenvalue weighted by atomic mass is 10.1. The molecule has 0 atom stereocenters. The molecule has 0 bridgehead atoms. The molecule has 5 heteroatoms. The van der Waals surface area contributed by atoms with Crippen molar-refractivity contribution in [3.63, 3.8) is 0 Å². The van der Waals surface area contributed by atoms with Crippen LogP contribution < -0.4 is 5.56 Å². The number of aliphatic imine (C=N–C) groups is 1. The van der Waals surface area contributed by atoms with E-state index in [9.17, 15) is 4.79 Å². The summed E-state index contributed by atoms with van der Waals surface area (Å²) in [6.45, 7) is 0.925. The summed E-state index contributed by atoms with van der Waals surface area (Å²) in [5.74, 6) is 0.738. The number of nitrogens with zero attached hydrogens (tertiary/aromatic N) is 4. The van der Waals surface area contributed by atoms with E-state index in [0.717, 1.165) is 42.2 Å². The number of aromatic nitrogens is 2. The van der Waals surface area contributed by atoms with Crippen molar-refractivity contribution >= 4 is 17.9 Å². The van der Waals surface area contributed by atoms with Gasteiger partial charge >= 0.3 is 0 Å². The van der Waals surface area contributed by atoms with Gasteiger partial charge in [-0.25, -0.2) is 9.67 Å². The van der Waals surface area contributed by atoms with E-state index in [-0.39, 0.29) is 5.56 Å². The number of rotatable bonds is 1. The van der Waals surface area contributed by atoms with Crippen LogP contribution in [-0.4, -0.2) is 27.1 Å². The third-order valence-corrected chi connectivity index (χ3v) is 4.56. The van der Waals surface area contributed by atoms with Crippen LogP contribution in [0.15, 0.2) is 46.2 Å². The second-order valence-corrected chi connectivity index (χ2v) is 6.05. The Morgan fingerprint density at radius 1 is 1.09 bits per heavy atom. The minimum atomic E-state index is 0.00220. The van der Waals surface area contributed by atoms with Gasteiger partial charge in [0.2, 0.25) is 0 Å². The normalized spacial score (nSPS) is 19.3. The van der Waals surface area contributed by atoms with Gasteiger partial charge in [0.15, 0.2) is 5.82 Å². The molecule has 0 fully saturated rings. The Balaban J connectivity index is 1.92. The van der Waals surface area contributed by atoms with Crippen LogP contribution in [0.25, 0.3) is 11.4 Å². The predicted octanol–water partition coefficient (Wildman–Crippen LogP) is 3.07. The van der Waals surface area contributed by atoms with Crippen molar-refractivity contribution < 1.29 is 0 Å². The second kappa shape index (κ2) is 5.57. The van der Waals surface area contributed by atoms with Crippen molar-refractivity contribution in [1.29, 1.82) is 0 Å². The maximum Gasteiger partial charge on any atom is 0.283 e. The van der Waals surface area contributed by atoms with Crippen molar-refractivity contribution in [2.75, 3.05) is 6.54 Å². The van der Waals surface area contributed by atoms with Gasteiger partial charge in [0.1, 0.15) is 5.56 Å². The number of fused-ring (bicyclic) bond motifs is 3. The molecule has 3 heterocycles. The summed E-state index contributed by atoms with van der Waals surface area (Å²) in [4.78, 5) is 19.8. The molecular weight excluding hydrogens is 288 g/mol. The molecule has 1 aromatic heterocycles. The second-order valence-electron chi connectivity index (χ2n) is 6.05. The van der Waals surface area contributed by atoms with Crippen LogP contribution in [0.1, 0.15) is 31.2 Å². The topological polar surface area (TPSA) is 42.5 Å². The molecule has 0 saturated carbocycles. The molecule has 0 amide bonds. The van der Waals surface area contributed by atoms with Gasteiger partial charge in [0.25, 0.3) is 5.56 Å². The lowest BCUT2D eigenvalue weighted by Gasteiger charge is -2.26. The first kappa shape index (κ1) is 14.1. The Morgan fingerprint density at radius 3 is 2.74 bits per heavy atom. The van der Waals surface area contributed by atoms with E-state index in [1.54, 1.807) is 4.68 Å². The molecule has 0 radical (unpaired) electrons. The zero-order valence-electron chi connectivity index (χ0n) is 13.3.